The molecule has 3 fully saturated rings. The van der Waals surface area contributed by atoms with E-state index in [0.29, 0.717) is 25.0 Å². The molecule has 0 bridgehead atoms. The van der Waals surface area contributed by atoms with Crippen LogP contribution in [-0.4, -0.2) is 78.0 Å². The average Bonchev–Trinajstić information content (AvgIpc) is 3.41. The van der Waals surface area contributed by atoms with E-state index in [-0.39, 0.29) is 24.3 Å². The minimum absolute atomic E-state index is 0.0169. The summed E-state index contributed by atoms with van der Waals surface area (Å²) in [6.45, 7) is 4.28. The van der Waals surface area contributed by atoms with Gasteiger partial charge in [0, 0.05) is 24.8 Å². The number of morpholine rings is 1. The third kappa shape index (κ3) is 3.14. The Balaban J connectivity index is 1.35. The summed E-state index contributed by atoms with van der Waals surface area (Å²) < 4.78 is 24.8. The highest BCUT2D eigenvalue weighted by Crippen LogP contribution is 2.35. The van der Waals surface area contributed by atoms with E-state index in [0.717, 1.165) is 32.0 Å². The molecule has 0 amide bonds. The van der Waals surface area contributed by atoms with Gasteiger partial charge in [0.05, 0.1) is 19.8 Å². The Bertz CT molecular complexity index is 795. The Kier molecular flexibility index (Phi) is 4.40. The van der Waals surface area contributed by atoms with E-state index in [9.17, 15) is 0 Å². The third-order valence-corrected chi connectivity index (χ3v) is 5.31. The normalized spacial score (nSPS) is 30.5. The molecule has 3 aliphatic rings. The van der Waals surface area contributed by atoms with Crippen molar-refractivity contribution in [2.24, 2.45) is 0 Å². The molecule has 144 valence electrons. The molecular formula is C17H23N6O4+. The molecule has 0 radical (unpaired) electrons. The van der Waals surface area contributed by atoms with E-state index < -0.39 is 0 Å². The van der Waals surface area contributed by atoms with Crippen molar-refractivity contribution in [2.75, 3.05) is 44.4 Å². The van der Waals surface area contributed by atoms with Crippen molar-refractivity contribution in [3.8, 4) is 11.8 Å². The maximum Gasteiger partial charge on any atom is 0.341 e. The van der Waals surface area contributed by atoms with Crippen LogP contribution in [0.15, 0.2) is 24.3 Å². The molecule has 0 spiro atoms. The van der Waals surface area contributed by atoms with Gasteiger partial charge in [0.15, 0.2) is 0 Å². The highest BCUT2D eigenvalue weighted by Gasteiger charge is 2.50. The lowest BCUT2D eigenvalue weighted by Gasteiger charge is -2.29. The molecule has 27 heavy (non-hydrogen) atoms. The maximum absolute atomic E-state index is 6.01. The summed E-state index contributed by atoms with van der Waals surface area (Å²) in [4.78, 5) is 2.27. The number of quaternary nitrogens is 1. The summed E-state index contributed by atoms with van der Waals surface area (Å²) in [7, 11) is 0. The van der Waals surface area contributed by atoms with Gasteiger partial charge in [-0.1, -0.05) is 11.2 Å². The van der Waals surface area contributed by atoms with E-state index >= 15 is 0 Å². The standard InChI is InChI=1S/C17H22N6O4/c18-13-9-25-16-14(10-26-15(13)16)23-17(19-20-21-23)27-12-3-1-2-11(8-12)22-4-6-24-7-5-22/h1-3,8,13-16H,4-7,9-10,18H2/p+1/t13-,14-,15+,16+/m0/s1. The maximum atomic E-state index is 6.01. The quantitative estimate of drug-likeness (QED) is 0.743. The number of aromatic nitrogens is 4. The zero-order valence-electron chi connectivity index (χ0n) is 14.9. The fraction of sp³-hybridized carbons (Fsp3) is 0.588. The van der Waals surface area contributed by atoms with Crippen LogP contribution >= 0.6 is 0 Å². The highest BCUT2D eigenvalue weighted by molar-refractivity contribution is 5.51. The molecular weight excluding hydrogens is 352 g/mol. The minimum Gasteiger partial charge on any atom is -0.423 e. The van der Waals surface area contributed by atoms with Crippen LogP contribution in [0.2, 0.25) is 0 Å². The van der Waals surface area contributed by atoms with Gasteiger partial charge in [-0.25, -0.2) is 0 Å². The Morgan fingerprint density at radius 2 is 1.96 bits per heavy atom. The number of ether oxygens (including phenoxy) is 4. The van der Waals surface area contributed by atoms with E-state index in [2.05, 4.69) is 32.2 Å². The molecule has 3 saturated heterocycles. The zero-order chi connectivity index (χ0) is 18.2. The van der Waals surface area contributed by atoms with Crippen LogP contribution in [0, 0.1) is 0 Å². The van der Waals surface area contributed by atoms with Crippen LogP contribution in [-0.2, 0) is 14.2 Å². The number of nitrogens with zero attached hydrogens (tertiary/aromatic N) is 5. The summed E-state index contributed by atoms with van der Waals surface area (Å²) in [5.41, 5.74) is 5.18. The monoisotopic (exact) mass is 375 g/mol. The van der Waals surface area contributed by atoms with Crippen LogP contribution in [0.25, 0.3) is 0 Å². The van der Waals surface area contributed by atoms with Crippen molar-refractivity contribution in [3.05, 3.63) is 24.3 Å². The Hall–Kier alpha value is -2.27. The lowest BCUT2D eigenvalue weighted by atomic mass is 10.1. The summed E-state index contributed by atoms with van der Waals surface area (Å²) in [5, 5.41) is 12.0. The molecule has 3 aliphatic heterocycles. The molecule has 10 nitrogen and oxygen atoms in total. The third-order valence-electron chi connectivity index (χ3n) is 5.31. The first-order valence-corrected chi connectivity index (χ1v) is 9.24. The van der Waals surface area contributed by atoms with Crippen molar-refractivity contribution in [2.45, 2.75) is 24.3 Å². The molecule has 1 aromatic heterocycles. The Morgan fingerprint density at radius 3 is 2.85 bits per heavy atom. The molecule has 5 rings (SSSR count). The number of rotatable bonds is 4. The fourth-order valence-electron chi connectivity index (χ4n) is 3.90. The minimum atomic E-state index is -0.117. The SMILES string of the molecule is [NH3+][C@H]1CO[C@H]2[C@@H]1OC[C@@H]2n1nnnc1Oc1cccc(N2CCOCC2)c1. The molecule has 0 aliphatic carbocycles. The molecule has 2 aromatic rings. The highest BCUT2D eigenvalue weighted by atomic mass is 16.6. The first-order chi connectivity index (χ1) is 13.3. The molecule has 3 N–H and O–H groups in total. The molecule has 10 heteroatoms. The predicted octanol–water partition coefficient (Wildman–Crippen LogP) is -0.749. The number of hydrogen-bond donors (Lipinski definition) is 1. The smallest absolute Gasteiger partial charge is 0.341 e. The van der Waals surface area contributed by atoms with Gasteiger partial charge in [-0.2, -0.15) is 4.68 Å². The fourth-order valence-corrected chi connectivity index (χ4v) is 3.90. The van der Waals surface area contributed by atoms with Gasteiger partial charge in [-0.15, -0.1) is 0 Å². The number of hydrogen-bond acceptors (Lipinski definition) is 8. The van der Waals surface area contributed by atoms with Gasteiger partial charge in [-0.05, 0) is 22.6 Å². The van der Waals surface area contributed by atoms with Gasteiger partial charge < -0.3 is 29.6 Å². The second-order valence-corrected chi connectivity index (χ2v) is 7.03. The summed E-state index contributed by atoms with van der Waals surface area (Å²) >= 11 is 0. The molecule has 1 aromatic carbocycles. The van der Waals surface area contributed by atoms with Crippen molar-refractivity contribution >= 4 is 5.69 Å². The Labute approximate surface area is 156 Å². The number of tetrazole rings is 1. The van der Waals surface area contributed by atoms with Gasteiger partial charge in [-0.3, -0.25) is 0 Å². The number of fused-ring (bicyclic) bond motifs is 1. The lowest BCUT2D eigenvalue weighted by molar-refractivity contribution is -0.430. The van der Waals surface area contributed by atoms with Crippen LogP contribution in [0.4, 0.5) is 5.69 Å². The number of anilines is 1. The second kappa shape index (κ2) is 7.04. The lowest BCUT2D eigenvalue weighted by Crippen LogP contribution is -2.66. The van der Waals surface area contributed by atoms with Crippen molar-refractivity contribution in [3.63, 3.8) is 0 Å². The van der Waals surface area contributed by atoms with Gasteiger partial charge in [0.25, 0.3) is 0 Å². The van der Waals surface area contributed by atoms with Crippen molar-refractivity contribution in [1.82, 2.24) is 20.2 Å². The Morgan fingerprint density at radius 1 is 1.11 bits per heavy atom. The summed E-state index contributed by atoms with van der Waals surface area (Å²) in [6, 6.07) is 8.28. The van der Waals surface area contributed by atoms with E-state index in [1.54, 1.807) is 4.68 Å². The zero-order valence-corrected chi connectivity index (χ0v) is 14.9. The van der Waals surface area contributed by atoms with Crippen LogP contribution in [0.3, 0.4) is 0 Å². The largest absolute Gasteiger partial charge is 0.423 e. The first-order valence-electron chi connectivity index (χ1n) is 9.24. The molecule has 4 heterocycles. The van der Waals surface area contributed by atoms with Crippen LogP contribution in [0.5, 0.6) is 11.8 Å². The van der Waals surface area contributed by atoms with Gasteiger partial charge in [0.2, 0.25) is 0 Å². The van der Waals surface area contributed by atoms with Crippen molar-refractivity contribution < 1.29 is 24.7 Å². The van der Waals surface area contributed by atoms with Crippen molar-refractivity contribution in [1.29, 1.82) is 0 Å². The predicted molar refractivity (Wildman–Crippen MR) is 92.6 cm³/mol. The summed E-state index contributed by atoms with van der Waals surface area (Å²) in [6.07, 6.45) is -0.116. The first kappa shape index (κ1) is 16.9. The number of benzene rings is 1. The molecule has 4 atom stereocenters. The van der Waals surface area contributed by atoms with E-state index in [1.165, 1.54) is 0 Å². The molecule has 0 saturated carbocycles. The van der Waals surface area contributed by atoms with E-state index in [4.69, 9.17) is 18.9 Å². The van der Waals surface area contributed by atoms with Gasteiger partial charge in [0.1, 0.15) is 36.6 Å². The average molecular weight is 375 g/mol. The second-order valence-electron chi connectivity index (χ2n) is 7.03. The summed E-state index contributed by atoms with van der Waals surface area (Å²) in [5.74, 6) is 0.688. The topological polar surface area (TPSA) is 111 Å². The van der Waals surface area contributed by atoms with E-state index in [1.807, 2.05) is 18.2 Å². The van der Waals surface area contributed by atoms with Gasteiger partial charge >= 0.3 is 6.01 Å². The van der Waals surface area contributed by atoms with Crippen LogP contribution < -0.4 is 15.4 Å². The molecule has 0 unspecified atom stereocenters. The van der Waals surface area contributed by atoms with Crippen LogP contribution in [0.1, 0.15) is 6.04 Å².